The van der Waals surface area contributed by atoms with Crippen LogP contribution in [0.4, 0.5) is 10.5 Å². The highest BCUT2D eigenvalue weighted by molar-refractivity contribution is 5.95. The van der Waals surface area contributed by atoms with Crippen molar-refractivity contribution in [3.63, 3.8) is 0 Å². The van der Waals surface area contributed by atoms with Crippen molar-refractivity contribution in [2.45, 2.75) is 26.3 Å². The van der Waals surface area contributed by atoms with Gasteiger partial charge < -0.3 is 21.1 Å². The van der Waals surface area contributed by atoms with Crippen LogP contribution in [0.2, 0.25) is 0 Å². The van der Waals surface area contributed by atoms with Gasteiger partial charge in [-0.3, -0.25) is 9.59 Å². The quantitative estimate of drug-likeness (QED) is 0.737. The van der Waals surface area contributed by atoms with Crippen molar-refractivity contribution in [2.75, 3.05) is 11.9 Å². The van der Waals surface area contributed by atoms with Gasteiger partial charge in [0.15, 0.2) is 0 Å². The number of nitrogens with zero attached hydrogens (tertiary/aromatic N) is 1. The van der Waals surface area contributed by atoms with Crippen LogP contribution in [0.15, 0.2) is 24.3 Å². The van der Waals surface area contributed by atoms with Gasteiger partial charge in [0.2, 0.25) is 0 Å². The Balaban J connectivity index is 2.83. The third-order valence-corrected chi connectivity index (χ3v) is 2.85. The molecule has 0 fully saturated rings. The fourth-order valence-electron chi connectivity index (χ4n) is 1.81. The van der Waals surface area contributed by atoms with Gasteiger partial charge in [0.25, 0.3) is 5.91 Å². The zero-order valence-corrected chi connectivity index (χ0v) is 12.0. The molecule has 3 amide bonds. The van der Waals surface area contributed by atoms with E-state index in [1.54, 1.807) is 24.3 Å². The van der Waals surface area contributed by atoms with Crippen LogP contribution in [0.1, 0.15) is 30.6 Å². The molecule has 0 saturated heterocycles. The highest BCUT2D eigenvalue weighted by atomic mass is 16.4. The first-order valence-electron chi connectivity index (χ1n) is 6.50. The minimum atomic E-state index is -0.950. The Morgan fingerprint density at radius 1 is 1.24 bits per heavy atom. The Bertz CT molecular complexity index is 526. The highest BCUT2D eigenvalue weighted by Crippen LogP contribution is 2.13. The molecule has 0 bridgehead atoms. The van der Waals surface area contributed by atoms with Crippen LogP contribution in [0.5, 0.6) is 0 Å². The van der Waals surface area contributed by atoms with E-state index in [0.717, 1.165) is 0 Å². The number of nitrogens with one attached hydrogen (secondary N) is 1. The molecule has 0 heterocycles. The van der Waals surface area contributed by atoms with Gasteiger partial charge in [-0.05, 0) is 38.1 Å². The molecule has 1 rings (SSSR count). The molecule has 4 N–H and O–H groups in total. The Labute approximate surface area is 122 Å². The highest BCUT2D eigenvalue weighted by Gasteiger charge is 2.19. The van der Waals surface area contributed by atoms with Crippen LogP contribution in [0.3, 0.4) is 0 Å². The standard InChI is InChI=1S/C14H19N3O4/c1-9(2)17(8-7-12(18)19)13(20)10-3-5-11(6-4-10)16-14(15)21/h3-6,9H,7-8H2,1-2H3,(H,18,19)(H3,15,16,21). The predicted molar refractivity (Wildman–Crippen MR) is 78.1 cm³/mol. The molecule has 0 aliphatic heterocycles. The van der Waals surface area contributed by atoms with E-state index in [4.69, 9.17) is 10.8 Å². The minimum Gasteiger partial charge on any atom is -0.481 e. The summed E-state index contributed by atoms with van der Waals surface area (Å²) in [6.45, 7) is 3.79. The lowest BCUT2D eigenvalue weighted by atomic mass is 10.1. The minimum absolute atomic E-state index is 0.106. The van der Waals surface area contributed by atoms with Gasteiger partial charge in [-0.2, -0.15) is 0 Å². The van der Waals surface area contributed by atoms with Crippen LogP contribution in [0, 0.1) is 0 Å². The second kappa shape index (κ2) is 7.28. The molecule has 0 radical (unpaired) electrons. The number of anilines is 1. The van der Waals surface area contributed by atoms with Crippen LogP contribution < -0.4 is 11.1 Å². The lowest BCUT2D eigenvalue weighted by Gasteiger charge is -2.26. The number of primary amides is 1. The van der Waals surface area contributed by atoms with Crippen molar-refractivity contribution in [3.05, 3.63) is 29.8 Å². The number of hydrogen-bond acceptors (Lipinski definition) is 3. The van der Waals surface area contributed by atoms with Gasteiger partial charge in [0, 0.05) is 23.8 Å². The Hall–Kier alpha value is -2.57. The topological polar surface area (TPSA) is 113 Å². The van der Waals surface area contributed by atoms with E-state index in [1.807, 2.05) is 13.8 Å². The largest absolute Gasteiger partial charge is 0.481 e. The van der Waals surface area contributed by atoms with Crippen molar-refractivity contribution in [1.82, 2.24) is 4.90 Å². The lowest BCUT2D eigenvalue weighted by molar-refractivity contribution is -0.137. The number of amides is 3. The van der Waals surface area contributed by atoms with E-state index in [1.165, 1.54) is 4.90 Å². The predicted octanol–water partition coefficient (Wildman–Crippen LogP) is 1.50. The fourth-order valence-corrected chi connectivity index (χ4v) is 1.81. The van der Waals surface area contributed by atoms with Crippen LogP contribution in [-0.2, 0) is 4.79 Å². The summed E-state index contributed by atoms with van der Waals surface area (Å²) < 4.78 is 0. The van der Waals surface area contributed by atoms with Crippen molar-refractivity contribution in [1.29, 1.82) is 0 Å². The molecule has 0 aromatic heterocycles. The summed E-state index contributed by atoms with van der Waals surface area (Å²) in [6.07, 6.45) is -0.106. The summed E-state index contributed by atoms with van der Waals surface area (Å²) in [6, 6.07) is 5.45. The van der Waals surface area contributed by atoms with Crippen molar-refractivity contribution in [2.24, 2.45) is 5.73 Å². The monoisotopic (exact) mass is 293 g/mol. The van der Waals surface area contributed by atoms with Gasteiger partial charge in [-0.1, -0.05) is 0 Å². The maximum absolute atomic E-state index is 12.4. The number of carboxylic acid groups (broad SMARTS) is 1. The van der Waals surface area contributed by atoms with E-state index in [0.29, 0.717) is 11.3 Å². The summed E-state index contributed by atoms with van der Waals surface area (Å²) in [4.78, 5) is 35.2. The number of carbonyl (C=O) groups excluding carboxylic acids is 2. The Morgan fingerprint density at radius 3 is 2.24 bits per heavy atom. The first-order chi connectivity index (χ1) is 9.81. The molecule has 0 aliphatic rings. The van der Waals surface area contributed by atoms with Crippen molar-refractivity contribution >= 4 is 23.6 Å². The number of carbonyl (C=O) groups is 3. The fraction of sp³-hybridized carbons (Fsp3) is 0.357. The van der Waals surface area contributed by atoms with E-state index >= 15 is 0 Å². The molecule has 7 heteroatoms. The number of aliphatic carboxylic acids is 1. The third kappa shape index (κ3) is 5.13. The maximum Gasteiger partial charge on any atom is 0.316 e. The molecule has 0 spiro atoms. The lowest BCUT2D eigenvalue weighted by Crippen LogP contribution is -2.38. The average molecular weight is 293 g/mol. The number of carboxylic acids is 1. The maximum atomic E-state index is 12.4. The van der Waals surface area contributed by atoms with E-state index < -0.39 is 12.0 Å². The molecule has 0 aliphatic carbocycles. The number of hydrogen-bond donors (Lipinski definition) is 3. The molecule has 21 heavy (non-hydrogen) atoms. The first-order valence-corrected chi connectivity index (χ1v) is 6.50. The Kier molecular flexibility index (Phi) is 5.71. The van der Waals surface area contributed by atoms with E-state index in [9.17, 15) is 14.4 Å². The molecule has 1 aromatic carbocycles. The van der Waals surface area contributed by atoms with E-state index in [2.05, 4.69) is 5.32 Å². The second-order valence-corrected chi connectivity index (χ2v) is 4.80. The van der Waals surface area contributed by atoms with Gasteiger partial charge in [-0.25, -0.2) is 4.79 Å². The summed E-state index contributed by atoms with van der Waals surface area (Å²) >= 11 is 0. The molecule has 114 valence electrons. The summed E-state index contributed by atoms with van der Waals surface area (Å²) in [5.74, 6) is -1.20. The van der Waals surface area contributed by atoms with E-state index in [-0.39, 0.29) is 24.9 Å². The van der Waals surface area contributed by atoms with Gasteiger partial charge in [0.05, 0.1) is 6.42 Å². The SMILES string of the molecule is CC(C)N(CCC(=O)O)C(=O)c1ccc(NC(N)=O)cc1. The zero-order valence-electron chi connectivity index (χ0n) is 12.0. The van der Waals surface area contributed by atoms with Crippen LogP contribution >= 0.6 is 0 Å². The molecule has 1 aromatic rings. The number of rotatable bonds is 6. The van der Waals surface area contributed by atoms with Crippen molar-refractivity contribution in [3.8, 4) is 0 Å². The van der Waals surface area contributed by atoms with Gasteiger partial charge in [-0.15, -0.1) is 0 Å². The molecule has 0 saturated carbocycles. The Morgan fingerprint density at radius 2 is 1.81 bits per heavy atom. The molecular weight excluding hydrogens is 274 g/mol. The zero-order chi connectivity index (χ0) is 16.0. The molecule has 7 nitrogen and oxygen atoms in total. The molecule has 0 atom stereocenters. The first kappa shape index (κ1) is 16.5. The number of benzene rings is 1. The average Bonchev–Trinajstić information content (AvgIpc) is 2.38. The van der Waals surface area contributed by atoms with Crippen LogP contribution in [0.25, 0.3) is 0 Å². The normalized spacial score (nSPS) is 10.2. The second-order valence-electron chi connectivity index (χ2n) is 4.80. The molecular formula is C14H19N3O4. The van der Waals surface area contributed by atoms with Gasteiger partial charge in [0.1, 0.15) is 0 Å². The molecule has 0 unspecified atom stereocenters. The third-order valence-electron chi connectivity index (χ3n) is 2.85. The van der Waals surface area contributed by atoms with Crippen molar-refractivity contribution < 1.29 is 19.5 Å². The summed E-state index contributed by atoms with van der Waals surface area (Å²) in [7, 11) is 0. The number of urea groups is 1. The smallest absolute Gasteiger partial charge is 0.316 e. The summed E-state index contributed by atoms with van der Waals surface area (Å²) in [5, 5.41) is 11.1. The summed E-state index contributed by atoms with van der Waals surface area (Å²) in [5.41, 5.74) is 5.90. The van der Waals surface area contributed by atoms with Gasteiger partial charge >= 0.3 is 12.0 Å². The number of nitrogens with two attached hydrogens (primary N) is 1. The van der Waals surface area contributed by atoms with Crippen LogP contribution in [-0.4, -0.2) is 40.5 Å².